The SMILES string of the molecule is COc1cc(C2C3=CCC4C(=O)N(C)C(=O)C4C3CC3(Cl)C(=O)N(CBr)C(=O)C23Cl)cc(OC)c1O. The second-order valence-corrected chi connectivity index (χ2v) is 11.2. The monoisotopic (exact) mass is 600 g/mol. The Morgan fingerprint density at radius 2 is 1.67 bits per heavy atom. The number of fused-ring (bicyclic) bond motifs is 4. The Balaban J connectivity index is 1.79. The zero-order valence-corrected chi connectivity index (χ0v) is 22.7. The highest BCUT2D eigenvalue weighted by molar-refractivity contribution is 9.09. The maximum absolute atomic E-state index is 13.7. The van der Waals surface area contributed by atoms with E-state index in [0.717, 1.165) is 9.80 Å². The molecule has 4 amide bonds. The molecule has 6 atom stereocenters. The van der Waals surface area contributed by atoms with Crippen molar-refractivity contribution in [3.8, 4) is 17.2 Å². The number of nitrogens with zero attached hydrogens (tertiary/aromatic N) is 2. The Morgan fingerprint density at radius 3 is 2.22 bits per heavy atom. The highest BCUT2D eigenvalue weighted by Crippen LogP contribution is 2.66. The van der Waals surface area contributed by atoms with Gasteiger partial charge in [0, 0.05) is 13.0 Å². The number of halogens is 3. The topological polar surface area (TPSA) is 113 Å². The lowest BCUT2D eigenvalue weighted by atomic mass is 9.56. The summed E-state index contributed by atoms with van der Waals surface area (Å²) in [5.74, 6) is -4.99. The number of benzene rings is 1. The molecular formula is C24H23BrCl2N2O7. The number of phenols is 1. The third-order valence-corrected chi connectivity index (χ3v) is 9.99. The van der Waals surface area contributed by atoms with E-state index in [1.807, 2.05) is 6.08 Å². The van der Waals surface area contributed by atoms with Crippen molar-refractivity contribution in [1.82, 2.24) is 9.80 Å². The van der Waals surface area contributed by atoms with Crippen molar-refractivity contribution in [1.29, 1.82) is 0 Å². The highest BCUT2D eigenvalue weighted by Gasteiger charge is 2.76. The van der Waals surface area contributed by atoms with Gasteiger partial charge in [-0.25, -0.2) is 0 Å². The van der Waals surface area contributed by atoms with E-state index in [2.05, 4.69) is 15.9 Å². The van der Waals surface area contributed by atoms with Crippen molar-refractivity contribution >= 4 is 62.8 Å². The Bertz CT molecular complexity index is 1230. The number of ether oxygens (including phenoxy) is 2. The van der Waals surface area contributed by atoms with Gasteiger partial charge >= 0.3 is 0 Å². The number of amides is 4. The van der Waals surface area contributed by atoms with Gasteiger partial charge in [0.15, 0.2) is 21.2 Å². The minimum absolute atomic E-state index is 0.0715. The molecule has 0 spiro atoms. The minimum Gasteiger partial charge on any atom is -0.502 e. The first kappa shape index (κ1) is 25.4. The molecule has 4 aliphatic rings. The highest BCUT2D eigenvalue weighted by atomic mass is 79.9. The van der Waals surface area contributed by atoms with Gasteiger partial charge in [-0.1, -0.05) is 27.6 Å². The maximum Gasteiger partial charge on any atom is 0.254 e. The molecule has 192 valence electrons. The first-order chi connectivity index (χ1) is 17.0. The van der Waals surface area contributed by atoms with Gasteiger partial charge in [0.2, 0.25) is 17.6 Å². The molecule has 36 heavy (non-hydrogen) atoms. The van der Waals surface area contributed by atoms with E-state index in [1.54, 1.807) is 0 Å². The summed E-state index contributed by atoms with van der Waals surface area (Å²) in [7, 11) is 4.17. The predicted octanol–water partition coefficient (Wildman–Crippen LogP) is 2.75. The zero-order valence-electron chi connectivity index (χ0n) is 19.6. The molecule has 12 heteroatoms. The zero-order chi connectivity index (χ0) is 26.3. The number of methoxy groups -OCH3 is 2. The van der Waals surface area contributed by atoms with Gasteiger partial charge in [0.25, 0.3) is 11.8 Å². The summed E-state index contributed by atoms with van der Waals surface area (Å²) in [6.07, 6.45) is 2.03. The van der Waals surface area contributed by atoms with Crippen molar-refractivity contribution in [2.75, 3.05) is 26.7 Å². The second kappa shape index (κ2) is 8.36. The number of aromatic hydroxyl groups is 1. The second-order valence-electron chi connectivity index (χ2n) is 9.50. The molecule has 1 saturated carbocycles. The third kappa shape index (κ3) is 2.95. The van der Waals surface area contributed by atoms with Crippen LogP contribution in [0, 0.1) is 17.8 Å². The first-order valence-electron chi connectivity index (χ1n) is 11.2. The van der Waals surface area contributed by atoms with Gasteiger partial charge in [-0.2, -0.15) is 0 Å². The van der Waals surface area contributed by atoms with Gasteiger partial charge in [-0.05, 0) is 36.5 Å². The van der Waals surface area contributed by atoms with Crippen LogP contribution in [0.4, 0.5) is 0 Å². The van der Waals surface area contributed by atoms with Gasteiger partial charge in [0.05, 0.1) is 31.5 Å². The molecule has 6 unspecified atom stereocenters. The number of phenolic OH excluding ortho intramolecular Hbond substituents is 1. The summed E-state index contributed by atoms with van der Waals surface area (Å²) in [5, 5.41) is 10.5. The lowest BCUT2D eigenvalue weighted by Gasteiger charge is -2.50. The third-order valence-electron chi connectivity index (χ3n) is 8.07. The van der Waals surface area contributed by atoms with Crippen LogP contribution in [0.2, 0.25) is 0 Å². The predicted molar refractivity (Wildman–Crippen MR) is 132 cm³/mol. The number of carbonyl (C=O) groups excluding carboxylic acids is 4. The fourth-order valence-electron chi connectivity index (χ4n) is 6.36. The van der Waals surface area contributed by atoms with Crippen LogP contribution >= 0.6 is 39.1 Å². The number of alkyl halides is 3. The van der Waals surface area contributed by atoms with E-state index in [0.29, 0.717) is 11.1 Å². The lowest BCUT2D eigenvalue weighted by Crippen LogP contribution is -2.60. The number of carbonyl (C=O) groups is 4. The number of hydrogen-bond donors (Lipinski definition) is 1. The van der Waals surface area contributed by atoms with Gasteiger partial charge in [0.1, 0.15) is 0 Å². The summed E-state index contributed by atoms with van der Waals surface area (Å²) in [4.78, 5) is 51.5. The van der Waals surface area contributed by atoms with Crippen molar-refractivity contribution in [2.24, 2.45) is 17.8 Å². The molecule has 0 bridgehead atoms. The van der Waals surface area contributed by atoms with Crippen LogP contribution in [0.25, 0.3) is 0 Å². The summed E-state index contributed by atoms with van der Waals surface area (Å²) in [5.41, 5.74) is 0.948. The molecule has 2 aliphatic heterocycles. The quantitative estimate of drug-likeness (QED) is 0.244. The first-order valence-corrected chi connectivity index (χ1v) is 13.1. The Hall–Kier alpha value is -2.30. The summed E-state index contributed by atoms with van der Waals surface area (Å²) in [6.45, 7) is 0. The van der Waals surface area contributed by atoms with Crippen LogP contribution in [0.15, 0.2) is 23.8 Å². The Labute approximate surface area is 225 Å². The molecule has 2 saturated heterocycles. The van der Waals surface area contributed by atoms with Crippen LogP contribution in [-0.4, -0.2) is 75.0 Å². The average molecular weight is 602 g/mol. The summed E-state index contributed by atoms with van der Waals surface area (Å²) < 4.78 is 10.7. The van der Waals surface area contributed by atoms with Crippen LogP contribution in [0.1, 0.15) is 24.3 Å². The number of imide groups is 2. The number of rotatable bonds is 4. The number of likely N-dealkylation sites (tertiary alicyclic amines) is 2. The molecule has 1 N–H and O–H groups in total. The molecule has 3 fully saturated rings. The molecule has 1 aromatic rings. The van der Waals surface area contributed by atoms with Gasteiger partial charge in [-0.3, -0.25) is 29.0 Å². The van der Waals surface area contributed by atoms with Crippen molar-refractivity contribution < 1.29 is 33.8 Å². The van der Waals surface area contributed by atoms with E-state index < -0.39 is 45.2 Å². The van der Waals surface area contributed by atoms with Crippen LogP contribution in [0.3, 0.4) is 0 Å². The fourth-order valence-corrected chi connectivity index (χ4v) is 7.79. The molecule has 2 heterocycles. The van der Waals surface area contributed by atoms with Crippen LogP contribution < -0.4 is 9.47 Å². The average Bonchev–Trinajstić information content (AvgIpc) is 3.17. The van der Waals surface area contributed by atoms with Crippen molar-refractivity contribution in [3.05, 3.63) is 29.3 Å². The Morgan fingerprint density at radius 1 is 1.06 bits per heavy atom. The largest absolute Gasteiger partial charge is 0.502 e. The minimum atomic E-state index is -1.95. The Kier molecular flexibility index (Phi) is 5.89. The van der Waals surface area contributed by atoms with Crippen molar-refractivity contribution in [3.63, 3.8) is 0 Å². The van der Waals surface area contributed by atoms with Gasteiger partial charge in [-0.15, -0.1) is 23.2 Å². The smallest absolute Gasteiger partial charge is 0.254 e. The van der Waals surface area contributed by atoms with E-state index in [4.69, 9.17) is 32.7 Å². The van der Waals surface area contributed by atoms with Gasteiger partial charge < -0.3 is 14.6 Å². The fraction of sp³-hybridized carbons (Fsp3) is 0.500. The van der Waals surface area contributed by atoms with Crippen LogP contribution in [-0.2, 0) is 19.2 Å². The summed E-state index contributed by atoms with van der Waals surface area (Å²) in [6, 6.07) is 3.03. The standard InChI is InChI=1S/C24H23BrCl2N2O7/c1-28-19(31)12-5-4-11-13(16(12)20(28)32)8-23(26)21(33)29(9-25)22(34)24(23,27)17(11)10-6-14(35-2)18(30)15(7-10)36-3/h4,6-7,12-13,16-17,30H,5,8-9H2,1-3H3. The lowest BCUT2D eigenvalue weighted by molar-refractivity contribution is -0.140. The molecule has 1 aromatic carbocycles. The van der Waals surface area contributed by atoms with Crippen LogP contribution in [0.5, 0.6) is 17.2 Å². The molecule has 0 aromatic heterocycles. The van der Waals surface area contributed by atoms with E-state index in [-0.39, 0.29) is 47.4 Å². The molecule has 5 rings (SSSR count). The van der Waals surface area contributed by atoms with E-state index >= 15 is 0 Å². The molecular weight excluding hydrogens is 579 g/mol. The van der Waals surface area contributed by atoms with E-state index in [9.17, 15) is 24.3 Å². The summed E-state index contributed by atoms with van der Waals surface area (Å²) >= 11 is 17.5. The number of hydrogen-bond acceptors (Lipinski definition) is 7. The molecule has 0 radical (unpaired) electrons. The maximum atomic E-state index is 13.7. The van der Waals surface area contributed by atoms with Crippen molar-refractivity contribution in [2.45, 2.75) is 28.5 Å². The number of allylic oxidation sites excluding steroid dienone is 2. The van der Waals surface area contributed by atoms with E-state index in [1.165, 1.54) is 33.4 Å². The molecule has 2 aliphatic carbocycles. The molecule has 9 nitrogen and oxygen atoms in total. The normalized spacial score (nSPS) is 35.4.